The van der Waals surface area contributed by atoms with Gasteiger partial charge in [0.25, 0.3) is 5.91 Å². The molecule has 0 saturated carbocycles. The number of amides is 1. The molecular formula is C13H16ClN3OS. The number of rotatable bonds is 4. The first-order valence-electron chi connectivity index (χ1n) is 6.15. The second kappa shape index (κ2) is 5.75. The highest BCUT2D eigenvalue weighted by molar-refractivity contribution is 7.19. The second-order valence-electron chi connectivity index (χ2n) is 4.12. The van der Waals surface area contributed by atoms with Gasteiger partial charge in [-0.1, -0.05) is 11.6 Å². The zero-order valence-corrected chi connectivity index (χ0v) is 12.8. The monoisotopic (exact) mass is 297 g/mol. The summed E-state index contributed by atoms with van der Waals surface area (Å²) in [6.07, 6.45) is 0. The Morgan fingerprint density at radius 2 is 2.11 bits per heavy atom. The lowest BCUT2D eigenvalue weighted by Gasteiger charge is -2.16. The summed E-state index contributed by atoms with van der Waals surface area (Å²) in [5, 5.41) is 4.30. The van der Waals surface area contributed by atoms with Crippen LogP contribution in [0.3, 0.4) is 0 Å². The molecule has 2 heterocycles. The van der Waals surface area contributed by atoms with E-state index in [9.17, 15) is 4.79 Å². The average molecular weight is 298 g/mol. The Morgan fingerprint density at radius 1 is 1.42 bits per heavy atom. The maximum absolute atomic E-state index is 12.2. The molecule has 0 radical (unpaired) electrons. The number of halogens is 1. The molecule has 2 aromatic heterocycles. The summed E-state index contributed by atoms with van der Waals surface area (Å²) in [4.78, 5) is 15.0. The summed E-state index contributed by atoms with van der Waals surface area (Å²) in [5.74, 6) is -0.0329. The third-order valence-electron chi connectivity index (χ3n) is 2.98. The number of carbonyl (C=O) groups is 1. The van der Waals surface area contributed by atoms with Crippen molar-refractivity contribution in [3.8, 4) is 10.6 Å². The van der Waals surface area contributed by atoms with Crippen LogP contribution in [0.5, 0.6) is 0 Å². The number of hydrogen-bond acceptors (Lipinski definition) is 3. The second-order valence-corrected chi connectivity index (χ2v) is 5.83. The standard InChI is InChI=1S/C13H16ClN3OS/c1-4-17(5-2)13(18)9-8-10(16(3)15-9)11-6-7-12(14)19-11/h6-8H,4-5H2,1-3H3. The molecule has 2 rings (SSSR count). The molecular weight excluding hydrogens is 282 g/mol. The molecule has 6 heteroatoms. The molecule has 0 unspecified atom stereocenters. The van der Waals surface area contributed by atoms with Gasteiger partial charge in [0.15, 0.2) is 5.69 Å². The van der Waals surface area contributed by atoms with Crippen molar-refractivity contribution in [2.24, 2.45) is 7.05 Å². The summed E-state index contributed by atoms with van der Waals surface area (Å²) in [6, 6.07) is 5.61. The van der Waals surface area contributed by atoms with Crippen LogP contribution in [-0.2, 0) is 7.05 Å². The topological polar surface area (TPSA) is 38.1 Å². The molecule has 0 fully saturated rings. The molecule has 0 aliphatic carbocycles. The van der Waals surface area contributed by atoms with Gasteiger partial charge in [-0.15, -0.1) is 11.3 Å². The Bertz CT molecular complexity index is 586. The lowest BCUT2D eigenvalue weighted by atomic mass is 10.3. The summed E-state index contributed by atoms with van der Waals surface area (Å²) in [6.45, 7) is 5.30. The lowest BCUT2D eigenvalue weighted by Crippen LogP contribution is -2.30. The zero-order valence-electron chi connectivity index (χ0n) is 11.2. The number of aromatic nitrogens is 2. The van der Waals surface area contributed by atoms with Gasteiger partial charge < -0.3 is 4.90 Å². The Hall–Kier alpha value is -1.33. The largest absolute Gasteiger partial charge is 0.338 e. The summed E-state index contributed by atoms with van der Waals surface area (Å²) in [5.41, 5.74) is 1.39. The van der Waals surface area contributed by atoms with Crippen LogP contribution in [0.15, 0.2) is 18.2 Å². The molecule has 0 saturated heterocycles. The van der Waals surface area contributed by atoms with Crippen LogP contribution in [-0.4, -0.2) is 33.7 Å². The molecule has 0 aliphatic rings. The molecule has 0 aromatic carbocycles. The minimum absolute atomic E-state index is 0.0329. The third kappa shape index (κ3) is 2.82. The van der Waals surface area contributed by atoms with Crippen LogP contribution in [0.1, 0.15) is 24.3 Å². The summed E-state index contributed by atoms with van der Waals surface area (Å²) in [7, 11) is 1.84. The van der Waals surface area contributed by atoms with Gasteiger partial charge in [0.1, 0.15) is 0 Å². The molecule has 2 aromatic rings. The van der Waals surface area contributed by atoms with Gasteiger partial charge in [-0.25, -0.2) is 0 Å². The van der Waals surface area contributed by atoms with E-state index in [0.29, 0.717) is 18.8 Å². The average Bonchev–Trinajstić information content (AvgIpc) is 2.97. The van der Waals surface area contributed by atoms with Crippen molar-refractivity contribution >= 4 is 28.8 Å². The summed E-state index contributed by atoms with van der Waals surface area (Å²) >= 11 is 7.42. The first-order chi connectivity index (χ1) is 9.06. The van der Waals surface area contributed by atoms with Crippen molar-refractivity contribution in [1.29, 1.82) is 0 Å². The van der Waals surface area contributed by atoms with Crippen LogP contribution in [0.25, 0.3) is 10.6 Å². The van der Waals surface area contributed by atoms with E-state index < -0.39 is 0 Å². The van der Waals surface area contributed by atoms with E-state index in [4.69, 9.17) is 11.6 Å². The van der Waals surface area contributed by atoms with Gasteiger partial charge in [0, 0.05) is 20.1 Å². The molecule has 0 aliphatic heterocycles. The minimum atomic E-state index is -0.0329. The molecule has 1 amide bonds. The maximum atomic E-state index is 12.2. The van der Waals surface area contributed by atoms with Crippen LogP contribution in [0.4, 0.5) is 0 Å². The Balaban J connectivity index is 2.33. The van der Waals surface area contributed by atoms with Gasteiger partial charge in [-0.05, 0) is 32.0 Å². The molecule has 0 atom stereocenters. The van der Waals surface area contributed by atoms with Gasteiger partial charge in [0.05, 0.1) is 14.9 Å². The highest BCUT2D eigenvalue weighted by Gasteiger charge is 2.18. The fraction of sp³-hybridized carbons (Fsp3) is 0.385. The normalized spacial score (nSPS) is 10.7. The van der Waals surface area contributed by atoms with Crippen LogP contribution in [0, 0.1) is 0 Å². The quantitative estimate of drug-likeness (QED) is 0.868. The maximum Gasteiger partial charge on any atom is 0.274 e. The zero-order chi connectivity index (χ0) is 14.0. The first-order valence-corrected chi connectivity index (χ1v) is 7.35. The predicted octanol–water partition coefficient (Wildman–Crippen LogP) is 3.28. The molecule has 0 N–H and O–H groups in total. The number of hydrogen-bond donors (Lipinski definition) is 0. The van der Waals surface area contributed by atoms with Crippen LogP contribution in [0.2, 0.25) is 4.34 Å². The van der Waals surface area contributed by atoms with Crippen molar-refractivity contribution in [1.82, 2.24) is 14.7 Å². The Labute approximate surface area is 121 Å². The molecule has 4 nitrogen and oxygen atoms in total. The van der Waals surface area contributed by atoms with Gasteiger partial charge in [-0.3, -0.25) is 9.48 Å². The number of nitrogens with zero attached hydrogens (tertiary/aromatic N) is 3. The molecule has 0 bridgehead atoms. The van der Waals surface area contributed by atoms with E-state index in [1.807, 2.05) is 39.1 Å². The van der Waals surface area contributed by atoms with Crippen molar-refractivity contribution in [2.75, 3.05) is 13.1 Å². The van der Waals surface area contributed by atoms with Crippen LogP contribution >= 0.6 is 22.9 Å². The van der Waals surface area contributed by atoms with Crippen LogP contribution < -0.4 is 0 Å². The number of aryl methyl sites for hydroxylation is 1. The van der Waals surface area contributed by atoms with E-state index in [2.05, 4.69) is 5.10 Å². The fourth-order valence-corrected chi connectivity index (χ4v) is 3.02. The number of thiophene rings is 1. The van der Waals surface area contributed by atoms with Crippen molar-refractivity contribution in [2.45, 2.75) is 13.8 Å². The van der Waals surface area contributed by atoms with Gasteiger partial charge >= 0.3 is 0 Å². The van der Waals surface area contributed by atoms with E-state index in [1.54, 1.807) is 9.58 Å². The SMILES string of the molecule is CCN(CC)C(=O)c1cc(-c2ccc(Cl)s2)n(C)n1. The predicted molar refractivity (Wildman–Crippen MR) is 78.8 cm³/mol. The van der Waals surface area contributed by atoms with E-state index in [0.717, 1.165) is 14.9 Å². The smallest absolute Gasteiger partial charge is 0.274 e. The van der Waals surface area contributed by atoms with Crippen molar-refractivity contribution in [3.05, 3.63) is 28.2 Å². The van der Waals surface area contributed by atoms with Gasteiger partial charge in [-0.2, -0.15) is 5.10 Å². The minimum Gasteiger partial charge on any atom is -0.338 e. The lowest BCUT2D eigenvalue weighted by molar-refractivity contribution is 0.0766. The van der Waals surface area contributed by atoms with E-state index >= 15 is 0 Å². The highest BCUT2D eigenvalue weighted by atomic mass is 35.5. The Kier molecular flexibility index (Phi) is 4.27. The highest BCUT2D eigenvalue weighted by Crippen LogP contribution is 2.31. The van der Waals surface area contributed by atoms with Gasteiger partial charge in [0.2, 0.25) is 0 Å². The fourth-order valence-electron chi connectivity index (χ4n) is 1.93. The van der Waals surface area contributed by atoms with Crippen molar-refractivity contribution in [3.63, 3.8) is 0 Å². The molecule has 0 spiro atoms. The Morgan fingerprint density at radius 3 is 2.63 bits per heavy atom. The summed E-state index contributed by atoms with van der Waals surface area (Å²) < 4.78 is 2.45. The van der Waals surface area contributed by atoms with E-state index in [-0.39, 0.29) is 5.91 Å². The molecule has 102 valence electrons. The van der Waals surface area contributed by atoms with E-state index in [1.165, 1.54) is 11.3 Å². The molecule has 19 heavy (non-hydrogen) atoms. The van der Waals surface area contributed by atoms with Crippen molar-refractivity contribution < 1.29 is 4.79 Å². The number of carbonyl (C=O) groups excluding carboxylic acids is 1. The third-order valence-corrected chi connectivity index (χ3v) is 4.23. The first kappa shape index (κ1) is 14.1.